The third-order valence-electron chi connectivity index (χ3n) is 4.21. The van der Waals surface area contributed by atoms with Crippen LogP contribution in [0.4, 0.5) is 0 Å². The highest BCUT2D eigenvalue weighted by atomic mass is 16.5. The van der Waals surface area contributed by atoms with E-state index < -0.39 is 0 Å². The predicted molar refractivity (Wildman–Crippen MR) is 98.3 cm³/mol. The van der Waals surface area contributed by atoms with E-state index in [1.165, 1.54) is 6.92 Å². The van der Waals surface area contributed by atoms with Crippen LogP contribution < -0.4 is 4.74 Å². The lowest BCUT2D eigenvalue weighted by atomic mass is 10.0. The number of carbonyl (C=O) groups excluding carboxylic acids is 2. The van der Waals surface area contributed by atoms with Gasteiger partial charge in [-0.05, 0) is 50.5 Å². The molecule has 1 heterocycles. The number of rotatable bonds is 8. The van der Waals surface area contributed by atoms with Gasteiger partial charge in [0.1, 0.15) is 12.4 Å². The molecular formula is C20H26N2O4. The molecule has 0 aliphatic rings. The van der Waals surface area contributed by atoms with Crippen LogP contribution in [0.5, 0.6) is 5.75 Å². The number of amides is 1. The van der Waals surface area contributed by atoms with Crippen molar-refractivity contribution in [1.29, 1.82) is 0 Å². The summed E-state index contributed by atoms with van der Waals surface area (Å²) in [7, 11) is 1.77. The van der Waals surface area contributed by atoms with Crippen LogP contribution >= 0.6 is 0 Å². The van der Waals surface area contributed by atoms with E-state index in [-0.39, 0.29) is 30.0 Å². The van der Waals surface area contributed by atoms with E-state index in [0.29, 0.717) is 23.0 Å². The highest BCUT2D eigenvalue weighted by Crippen LogP contribution is 2.17. The molecule has 1 aromatic heterocycles. The maximum Gasteiger partial charge on any atom is 0.276 e. The Kier molecular flexibility index (Phi) is 6.55. The highest BCUT2D eigenvalue weighted by Gasteiger charge is 2.21. The minimum absolute atomic E-state index is 0.00533. The Bertz CT molecular complexity index is 749. The molecule has 0 radical (unpaired) electrons. The molecule has 6 nitrogen and oxygen atoms in total. The summed E-state index contributed by atoms with van der Waals surface area (Å²) < 4.78 is 10.8. The van der Waals surface area contributed by atoms with Crippen LogP contribution in [0.1, 0.15) is 60.7 Å². The van der Waals surface area contributed by atoms with Gasteiger partial charge in [-0.15, -0.1) is 0 Å². The van der Waals surface area contributed by atoms with Gasteiger partial charge in [0.25, 0.3) is 5.91 Å². The smallest absolute Gasteiger partial charge is 0.276 e. The van der Waals surface area contributed by atoms with Gasteiger partial charge in [0.15, 0.2) is 17.2 Å². The van der Waals surface area contributed by atoms with E-state index in [4.69, 9.17) is 9.26 Å². The molecule has 0 bridgehead atoms. The second-order valence-electron chi connectivity index (χ2n) is 6.94. The predicted octanol–water partition coefficient (Wildman–Crippen LogP) is 3.96. The number of ether oxygens (including phenoxy) is 1. The summed E-state index contributed by atoms with van der Waals surface area (Å²) in [6, 6.07) is 8.58. The first-order valence-corrected chi connectivity index (χ1v) is 8.74. The van der Waals surface area contributed by atoms with Gasteiger partial charge in [-0.1, -0.05) is 19.0 Å². The Morgan fingerprint density at radius 1 is 1.19 bits per heavy atom. The van der Waals surface area contributed by atoms with E-state index in [1.807, 2.05) is 6.92 Å². The molecule has 2 aromatic rings. The van der Waals surface area contributed by atoms with Gasteiger partial charge in [-0.25, -0.2) is 0 Å². The van der Waals surface area contributed by atoms with E-state index in [9.17, 15) is 9.59 Å². The molecule has 140 valence electrons. The zero-order chi connectivity index (χ0) is 19.3. The number of benzene rings is 1. The first-order valence-electron chi connectivity index (χ1n) is 8.74. The number of ketones is 1. The summed E-state index contributed by atoms with van der Waals surface area (Å²) in [5, 5.41) is 3.86. The van der Waals surface area contributed by atoms with Crippen LogP contribution in [-0.2, 0) is 6.61 Å². The van der Waals surface area contributed by atoms with Gasteiger partial charge in [0, 0.05) is 24.7 Å². The Hall–Kier alpha value is -2.63. The fourth-order valence-electron chi connectivity index (χ4n) is 2.64. The molecule has 0 saturated heterocycles. The molecule has 1 aromatic carbocycles. The minimum Gasteiger partial charge on any atom is -0.486 e. The van der Waals surface area contributed by atoms with E-state index >= 15 is 0 Å². The summed E-state index contributed by atoms with van der Waals surface area (Å²) in [5.41, 5.74) is 0.900. The standard InChI is InChI=1S/C20H26N2O4/c1-13(2)10-14(3)22(5)20(24)19-11-18(26-21-19)12-25-17-8-6-16(7-9-17)15(4)23/h6-9,11,13-14H,10,12H2,1-5H3/t14-/m0/s1. The van der Waals surface area contributed by atoms with Gasteiger partial charge in [0.2, 0.25) is 0 Å². The Balaban J connectivity index is 1.94. The monoisotopic (exact) mass is 358 g/mol. The maximum atomic E-state index is 12.5. The second-order valence-corrected chi connectivity index (χ2v) is 6.94. The van der Waals surface area contributed by atoms with Crippen molar-refractivity contribution in [1.82, 2.24) is 10.1 Å². The Labute approximate surface area is 154 Å². The summed E-state index contributed by atoms with van der Waals surface area (Å²) in [6.07, 6.45) is 0.923. The van der Waals surface area contributed by atoms with Gasteiger partial charge in [0.05, 0.1) is 0 Å². The van der Waals surface area contributed by atoms with Crippen molar-refractivity contribution in [2.45, 2.75) is 46.8 Å². The average Bonchev–Trinajstić information content (AvgIpc) is 3.07. The lowest BCUT2D eigenvalue weighted by Crippen LogP contribution is -2.36. The fraction of sp³-hybridized carbons (Fsp3) is 0.450. The van der Waals surface area contributed by atoms with Crippen LogP contribution in [0.15, 0.2) is 34.9 Å². The highest BCUT2D eigenvalue weighted by molar-refractivity contribution is 5.94. The Morgan fingerprint density at radius 3 is 2.42 bits per heavy atom. The number of aromatic nitrogens is 1. The molecule has 0 aliphatic heterocycles. The molecule has 6 heteroatoms. The van der Waals surface area contributed by atoms with Crippen molar-refractivity contribution in [2.24, 2.45) is 5.92 Å². The summed E-state index contributed by atoms with van der Waals surface area (Å²) in [5.74, 6) is 1.43. The van der Waals surface area contributed by atoms with Crippen molar-refractivity contribution in [2.75, 3.05) is 7.05 Å². The van der Waals surface area contributed by atoms with E-state index in [1.54, 1.807) is 42.3 Å². The van der Waals surface area contributed by atoms with Crippen molar-refractivity contribution in [3.8, 4) is 5.75 Å². The largest absolute Gasteiger partial charge is 0.486 e. The lowest BCUT2D eigenvalue weighted by Gasteiger charge is -2.25. The molecule has 0 aliphatic carbocycles. The first kappa shape index (κ1) is 19.7. The maximum absolute atomic E-state index is 12.5. The van der Waals surface area contributed by atoms with Crippen LogP contribution in [-0.4, -0.2) is 34.8 Å². The summed E-state index contributed by atoms with van der Waals surface area (Å²) in [6.45, 7) is 7.95. The first-order chi connectivity index (χ1) is 12.3. The molecular weight excluding hydrogens is 332 g/mol. The number of hydrogen-bond donors (Lipinski definition) is 0. The van der Waals surface area contributed by atoms with Crippen molar-refractivity contribution >= 4 is 11.7 Å². The van der Waals surface area contributed by atoms with Crippen molar-refractivity contribution in [3.05, 3.63) is 47.3 Å². The molecule has 1 amide bonds. The van der Waals surface area contributed by atoms with Crippen LogP contribution in [0.2, 0.25) is 0 Å². The molecule has 0 spiro atoms. The molecule has 0 fully saturated rings. The van der Waals surface area contributed by atoms with E-state index in [0.717, 1.165) is 6.42 Å². The van der Waals surface area contributed by atoms with Crippen LogP contribution in [0, 0.1) is 5.92 Å². The molecule has 0 unspecified atom stereocenters. The fourth-order valence-corrected chi connectivity index (χ4v) is 2.64. The molecule has 1 atom stereocenters. The van der Waals surface area contributed by atoms with Crippen LogP contribution in [0.3, 0.4) is 0 Å². The number of hydrogen-bond acceptors (Lipinski definition) is 5. The molecule has 0 saturated carbocycles. The normalized spacial score (nSPS) is 12.1. The van der Waals surface area contributed by atoms with Gasteiger partial charge in [-0.3, -0.25) is 9.59 Å². The molecule has 2 rings (SSSR count). The van der Waals surface area contributed by atoms with Crippen molar-refractivity contribution < 1.29 is 18.8 Å². The zero-order valence-electron chi connectivity index (χ0n) is 16.0. The SMILES string of the molecule is CC(=O)c1ccc(OCc2cc(C(=O)N(C)[C@@H](C)CC(C)C)no2)cc1. The number of carbonyl (C=O) groups is 2. The third-order valence-corrected chi connectivity index (χ3v) is 4.21. The van der Waals surface area contributed by atoms with E-state index in [2.05, 4.69) is 19.0 Å². The van der Waals surface area contributed by atoms with Gasteiger partial charge < -0.3 is 14.2 Å². The summed E-state index contributed by atoms with van der Waals surface area (Å²) >= 11 is 0. The Morgan fingerprint density at radius 2 is 1.85 bits per heavy atom. The summed E-state index contributed by atoms with van der Waals surface area (Å²) in [4.78, 5) is 25.4. The third kappa shape index (κ3) is 5.18. The van der Waals surface area contributed by atoms with Gasteiger partial charge in [-0.2, -0.15) is 0 Å². The van der Waals surface area contributed by atoms with Crippen molar-refractivity contribution in [3.63, 3.8) is 0 Å². The minimum atomic E-state index is -0.168. The number of Topliss-reactive ketones (excluding diaryl/α,β-unsaturated/α-hetero) is 1. The zero-order valence-corrected chi connectivity index (χ0v) is 16.0. The topological polar surface area (TPSA) is 72.6 Å². The second kappa shape index (κ2) is 8.65. The average molecular weight is 358 g/mol. The quantitative estimate of drug-likeness (QED) is 0.668. The molecule has 0 N–H and O–H groups in total. The molecule has 26 heavy (non-hydrogen) atoms. The lowest BCUT2D eigenvalue weighted by molar-refractivity contribution is 0.0717. The number of nitrogens with zero attached hydrogens (tertiary/aromatic N) is 2. The van der Waals surface area contributed by atoms with Gasteiger partial charge >= 0.3 is 0 Å². The van der Waals surface area contributed by atoms with Crippen LogP contribution in [0.25, 0.3) is 0 Å².